The van der Waals surface area contributed by atoms with E-state index in [0.29, 0.717) is 23.7 Å². The van der Waals surface area contributed by atoms with Crippen LogP contribution in [-0.2, 0) is 10.0 Å². The number of pyridine rings is 1. The SMILES string of the molecule is COc1ccc(C(=O)Nc2ccc(S(=O)(=O)N3CCCCC3C)cc2)nc1C. The van der Waals surface area contributed by atoms with Crippen LogP contribution in [0.1, 0.15) is 42.4 Å². The molecular weight excluding hydrogens is 378 g/mol. The number of aryl methyl sites for hydroxylation is 1. The van der Waals surface area contributed by atoms with E-state index in [0.717, 1.165) is 19.3 Å². The number of piperidine rings is 1. The predicted molar refractivity (Wildman–Crippen MR) is 107 cm³/mol. The maximum absolute atomic E-state index is 12.9. The molecule has 0 spiro atoms. The zero-order valence-electron chi connectivity index (χ0n) is 16.3. The van der Waals surface area contributed by atoms with Crippen molar-refractivity contribution in [2.45, 2.75) is 44.0 Å². The van der Waals surface area contributed by atoms with Gasteiger partial charge in [-0.2, -0.15) is 4.31 Å². The monoisotopic (exact) mass is 403 g/mol. The average molecular weight is 404 g/mol. The second-order valence-corrected chi connectivity index (χ2v) is 8.81. The molecule has 0 bridgehead atoms. The fourth-order valence-electron chi connectivity index (χ4n) is 3.36. The van der Waals surface area contributed by atoms with Crippen LogP contribution in [0.15, 0.2) is 41.3 Å². The minimum atomic E-state index is -3.53. The number of hydrogen-bond donors (Lipinski definition) is 1. The molecule has 1 unspecified atom stereocenters. The zero-order chi connectivity index (χ0) is 20.3. The highest BCUT2D eigenvalue weighted by molar-refractivity contribution is 7.89. The van der Waals surface area contributed by atoms with Crippen LogP contribution in [0.5, 0.6) is 5.75 Å². The van der Waals surface area contributed by atoms with Crippen LogP contribution in [0, 0.1) is 6.92 Å². The summed E-state index contributed by atoms with van der Waals surface area (Å²) in [5.74, 6) is 0.240. The highest BCUT2D eigenvalue weighted by Crippen LogP contribution is 2.26. The molecule has 1 atom stereocenters. The van der Waals surface area contributed by atoms with Crippen LogP contribution >= 0.6 is 0 Å². The average Bonchev–Trinajstić information content (AvgIpc) is 2.68. The lowest BCUT2D eigenvalue weighted by Crippen LogP contribution is -2.41. The Hall–Kier alpha value is -2.45. The first-order valence-electron chi connectivity index (χ1n) is 9.28. The van der Waals surface area contributed by atoms with E-state index in [9.17, 15) is 13.2 Å². The summed E-state index contributed by atoms with van der Waals surface area (Å²) in [4.78, 5) is 16.9. The first kappa shape index (κ1) is 20.3. The topological polar surface area (TPSA) is 88.6 Å². The Balaban J connectivity index is 1.74. The molecule has 2 aromatic rings. The lowest BCUT2D eigenvalue weighted by Gasteiger charge is -2.32. The van der Waals surface area contributed by atoms with Crippen molar-refractivity contribution in [1.82, 2.24) is 9.29 Å². The number of aromatic nitrogens is 1. The van der Waals surface area contributed by atoms with Crippen molar-refractivity contribution in [1.29, 1.82) is 0 Å². The van der Waals surface area contributed by atoms with Gasteiger partial charge in [-0.15, -0.1) is 0 Å². The van der Waals surface area contributed by atoms with Crippen molar-refractivity contribution in [2.75, 3.05) is 19.0 Å². The first-order valence-corrected chi connectivity index (χ1v) is 10.7. The third kappa shape index (κ3) is 4.18. The second-order valence-electron chi connectivity index (χ2n) is 6.92. The number of carbonyl (C=O) groups excluding carboxylic acids is 1. The van der Waals surface area contributed by atoms with Crippen molar-refractivity contribution in [3.8, 4) is 5.75 Å². The Morgan fingerprint density at radius 2 is 1.89 bits per heavy atom. The van der Waals surface area contributed by atoms with Crippen molar-refractivity contribution < 1.29 is 17.9 Å². The van der Waals surface area contributed by atoms with E-state index < -0.39 is 10.0 Å². The van der Waals surface area contributed by atoms with E-state index >= 15 is 0 Å². The van der Waals surface area contributed by atoms with Crippen LogP contribution in [0.25, 0.3) is 0 Å². The van der Waals surface area contributed by atoms with Crippen molar-refractivity contribution in [3.63, 3.8) is 0 Å². The molecule has 1 aromatic heterocycles. The van der Waals surface area contributed by atoms with E-state index in [-0.39, 0.29) is 22.5 Å². The predicted octanol–water partition coefficient (Wildman–Crippen LogP) is 3.21. The van der Waals surface area contributed by atoms with Crippen LogP contribution in [0.2, 0.25) is 0 Å². The Labute approximate surface area is 165 Å². The normalized spacial score (nSPS) is 17.9. The summed E-state index contributed by atoms with van der Waals surface area (Å²) in [5, 5.41) is 2.74. The Morgan fingerprint density at radius 1 is 1.18 bits per heavy atom. The molecule has 1 fully saturated rings. The fraction of sp³-hybridized carbons (Fsp3) is 0.400. The van der Waals surface area contributed by atoms with Gasteiger partial charge in [0.1, 0.15) is 11.4 Å². The van der Waals surface area contributed by atoms with Crippen LogP contribution in [0.4, 0.5) is 5.69 Å². The van der Waals surface area contributed by atoms with Crippen LogP contribution < -0.4 is 10.1 Å². The van der Waals surface area contributed by atoms with E-state index in [2.05, 4.69) is 10.3 Å². The number of benzene rings is 1. The maximum atomic E-state index is 12.9. The highest BCUT2D eigenvalue weighted by Gasteiger charge is 2.30. The quantitative estimate of drug-likeness (QED) is 0.828. The number of methoxy groups -OCH3 is 1. The summed E-state index contributed by atoms with van der Waals surface area (Å²) in [5.41, 5.74) is 1.38. The molecule has 0 saturated carbocycles. The molecule has 0 aliphatic carbocycles. The minimum Gasteiger partial charge on any atom is -0.495 e. The van der Waals surface area contributed by atoms with E-state index in [1.54, 1.807) is 42.6 Å². The third-order valence-corrected chi connectivity index (χ3v) is 6.98. The Kier molecular flexibility index (Phi) is 6.00. The van der Waals surface area contributed by atoms with Gasteiger partial charge in [0, 0.05) is 18.3 Å². The smallest absolute Gasteiger partial charge is 0.274 e. The summed E-state index contributed by atoms with van der Waals surface area (Å²) in [6, 6.07) is 9.51. The summed E-state index contributed by atoms with van der Waals surface area (Å²) < 4.78 is 32.4. The summed E-state index contributed by atoms with van der Waals surface area (Å²) in [6.45, 7) is 4.25. The van der Waals surface area contributed by atoms with Gasteiger partial charge >= 0.3 is 0 Å². The molecule has 8 heteroatoms. The van der Waals surface area contributed by atoms with Gasteiger partial charge in [-0.3, -0.25) is 4.79 Å². The van der Waals surface area contributed by atoms with Gasteiger partial charge in [0.2, 0.25) is 10.0 Å². The largest absolute Gasteiger partial charge is 0.495 e. The number of hydrogen-bond acceptors (Lipinski definition) is 5. The molecule has 1 aliphatic heterocycles. The molecule has 1 saturated heterocycles. The van der Waals surface area contributed by atoms with Crippen molar-refractivity contribution >= 4 is 21.6 Å². The lowest BCUT2D eigenvalue weighted by molar-refractivity contribution is 0.102. The van der Waals surface area contributed by atoms with E-state index in [1.165, 1.54) is 12.1 Å². The van der Waals surface area contributed by atoms with E-state index in [4.69, 9.17) is 4.74 Å². The van der Waals surface area contributed by atoms with Crippen LogP contribution in [-0.4, -0.2) is 43.3 Å². The molecule has 7 nitrogen and oxygen atoms in total. The number of anilines is 1. The van der Waals surface area contributed by atoms with Crippen LogP contribution in [0.3, 0.4) is 0 Å². The fourth-order valence-corrected chi connectivity index (χ4v) is 5.06. The molecular formula is C20H25N3O4S. The molecule has 1 N–H and O–H groups in total. The number of nitrogens with zero attached hydrogens (tertiary/aromatic N) is 2. The standard InChI is InChI=1S/C20H25N3O4S/c1-14-6-4-5-13-23(14)28(25,26)17-9-7-16(8-10-17)22-20(24)18-11-12-19(27-3)15(2)21-18/h7-12,14H,4-6,13H2,1-3H3,(H,22,24). The van der Waals surface area contributed by atoms with Gasteiger partial charge in [-0.1, -0.05) is 6.42 Å². The second kappa shape index (κ2) is 8.28. The molecule has 2 heterocycles. The molecule has 0 radical (unpaired) electrons. The molecule has 150 valence electrons. The lowest BCUT2D eigenvalue weighted by atomic mass is 10.1. The van der Waals surface area contributed by atoms with Gasteiger partial charge in [0.05, 0.1) is 17.7 Å². The maximum Gasteiger partial charge on any atom is 0.274 e. The first-order chi connectivity index (χ1) is 13.3. The van der Waals surface area contributed by atoms with Gasteiger partial charge in [0.15, 0.2) is 0 Å². The van der Waals surface area contributed by atoms with Gasteiger partial charge < -0.3 is 10.1 Å². The molecule has 1 amide bonds. The number of nitrogens with one attached hydrogen (secondary N) is 1. The molecule has 28 heavy (non-hydrogen) atoms. The number of carbonyl (C=O) groups is 1. The summed E-state index contributed by atoms with van der Waals surface area (Å²) in [6.07, 6.45) is 2.81. The number of amides is 1. The Bertz CT molecular complexity index is 958. The molecule has 3 rings (SSSR count). The van der Waals surface area contributed by atoms with Crippen molar-refractivity contribution in [3.05, 3.63) is 47.8 Å². The summed E-state index contributed by atoms with van der Waals surface area (Å²) >= 11 is 0. The highest BCUT2D eigenvalue weighted by atomic mass is 32.2. The molecule has 1 aromatic carbocycles. The minimum absolute atomic E-state index is 0.00233. The molecule has 1 aliphatic rings. The van der Waals surface area contributed by atoms with Gasteiger partial charge in [0.25, 0.3) is 5.91 Å². The number of sulfonamides is 1. The summed E-state index contributed by atoms with van der Waals surface area (Å²) in [7, 11) is -1.98. The number of ether oxygens (including phenoxy) is 1. The third-order valence-electron chi connectivity index (χ3n) is 4.95. The van der Waals surface area contributed by atoms with Crippen molar-refractivity contribution in [2.24, 2.45) is 0 Å². The Morgan fingerprint density at radius 3 is 2.50 bits per heavy atom. The van der Waals surface area contributed by atoms with E-state index in [1.807, 2.05) is 6.92 Å². The van der Waals surface area contributed by atoms with Gasteiger partial charge in [-0.05, 0) is 63.1 Å². The van der Waals surface area contributed by atoms with Gasteiger partial charge in [-0.25, -0.2) is 13.4 Å². The zero-order valence-corrected chi connectivity index (χ0v) is 17.1. The number of rotatable bonds is 5.